The number of aryl methyl sites for hydroxylation is 1. The van der Waals surface area contributed by atoms with Gasteiger partial charge < -0.3 is 9.47 Å². The third-order valence-corrected chi connectivity index (χ3v) is 4.76. The smallest absolute Gasteiger partial charge is 0.433 e. The number of ether oxygens (including phenoxy) is 2. The third-order valence-electron chi connectivity index (χ3n) is 4.76. The maximum atomic E-state index is 12.7. The number of rotatable bonds is 5. The first-order chi connectivity index (χ1) is 10.9. The van der Waals surface area contributed by atoms with E-state index in [1.54, 1.807) is 0 Å². The minimum Gasteiger partial charge on any atom is -0.476 e. The van der Waals surface area contributed by atoms with Crippen LogP contribution in [0.5, 0.6) is 5.88 Å². The predicted molar refractivity (Wildman–Crippen MR) is 84.4 cm³/mol. The lowest BCUT2D eigenvalue weighted by molar-refractivity contribution is -0.143. The Kier molecular flexibility index (Phi) is 6.39. The van der Waals surface area contributed by atoms with Gasteiger partial charge in [-0.05, 0) is 24.7 Å². The van der Waals surface area contributed by atoms with Crippen LogP contribution in [0.25, 0.3) is 0 Å². The maximum absolute atomic E-state index is 12.7. The maximum Gasteiger partial charge on any atom is 0.433 e. The van der Waals surface area contributed by atoms with Crippen molar-refractivity contribution >= 4 is 12.4 Å². The van der Waals surface area contributed by atoms with Gasteiger partial charge in [0, 0.05) is 32.7 Å². The Hall–Kier alpha value is -0.990. The molecule has 1 aliphatic heterocycles. The normalized spacial score (nSPS) is 25.0. The summed E-state index contributed by atoms with van der Waals surface area (Å²) < 4.78 is 49.9. The zero-order chi connectivity index (χ0) is 16.4. The van der Waals surface area contributed by atoms with Crippen LogP contribution in [0.4, 0.5) is 13.2 Å². The molecule has 1 aromatic rings. The highest BCUT2D eigenvalue weighted by atomic mass is 35.5. The quantitative estimate of drug-likeness (QED) is 0.800. The van der Waals surface area contributed by atoms with Crippen molar-refractivity contribution in [2.24, 2.45) is 18.9 Å². The van der Waals surface area contributed by atoms with Gasteiger partial charge in [0.1, 0.15) is 5.69 Å². The molecule has 0 N–H and O–H groups in total. The molecule has 1 aliphatic carbocycles. The second-order valence-corrected chi connectivity index (χ2v) is 6.31. The molecule has 0 aromatic carbocycles. The molecule has 0 radical (unpaired) electrons. The second-order valence-electron chi connectivity index (χ2n) is 6.31. The Labute approximate surface area is 145 Å². The Morgan fingerprint density at radius 1 is 1.25 bits per heavy atom. The topological polar surface area (TPSA) is 39.5 Å². The molecule has 5 nitrogen and oxygen atoms in total. The second kappa shape index (κ2) is 7.93. The number of alkyl halides is 3. The highest BCUT2D eigenvalue weighted by molar-refractivity contribution is 5.85. The van der Waals surface area contributed by atoms with Crippen LogP contribution in [-0.4, -0.2) is 54.1 Å². The van der Waals surface area contributed by atoms with Crippen LogP contribution in [0.15, 0.2) is 6.07 Å². The van der Waals surface area contributed by atoms with Gasteiger partial charge in [-0.3, -0.25) is 9.58 Å². The highest BCUT2D eigenvalue weighted by Gasteiger charge is 2.36. The Bertz CT molecular complexity index is 533. The minimum absolute atomic E-state index is 0. The number of halogens is 4. The summed E-state index contributed by atoms with van der Waals surface area (Å²) in [5, 5.41) is 3.80. The third kappa shape index (κ3) is 4.55. The molecule has 24 heavy (non-hydrogen) atoms. The average Bonchev–Trinajstić information content (AvgIpc) is 2.86. The highest BCUT2D eigenvalue weighted by Crippen LogP contribution is 2.36. The minimum atomic E-state index is -4.40. The SMILES string of the molecule is Cl.Cn1nc(OC[C@@H]2CC[C@@H]2CN2CCOCC2)cc1C(F)(F)F. The molecule has 1 saturated carbocycles. The fourth-order valence-corrected chi connectivity index (χ4v) is 3.18. The van der Waals surface area contributed by atoms with Crippen molar-refractivity contribution < 1.29 is 22.6 Å². The van der Waals surface area contributed by atoms with Crippen LogP contribution in [-0.2, 0) is 18.0 Å². The van der Waals surface area contributed by atoms with Crippen molar-refractivity contribution in [1.82, 2.24) is 14.7 Å². The van der Waals surface area contributed by atoms with Gasteiger partial charge in [-0.25, -0.2) is 0 Å². The molecule has 0 amide bonds. The van der Waals surface area contributed by atoms with Gasteiger partial charge >= 0.3 is 6.18 Å². The molecule has 0 unspecified atom stereocenters. The molecule has 1 aromatic heterocycles. The van der Waals surface area contributed by atoms with Gasteiger partial charge in [0.2, 0.25) is 5.88 Å². The molecule has 3 rings (SSSR count). The fraction of sp³-hybridized carbons (Fsp3) is 0.800. The Morgan fingerprint density at radius 3 is 2.46 bits per heavy atom. The fourth-order valence-electron chi connectivity index (χ4n) is 3.18. The standard InChI is InChI=1S/C15H22F3N3O2.ClH/c1-20-13(15(16,17)18)8-14(19-20)23-10-12-3-2-11(12)9-21-4-6-22-7-5-21;/h8,11-12H,2-7,9-10H2,1H3;1H/t11-,12+;/m1./s1. The number of morpholine rings is 1. The molecule has 1 saturated heterocycles. The van der Waals surface area contributed by atoms with Gasteiger partial charge in [0.25, 0.3) is 0 Å². The largest absolute Gasteiger partial charge is 0.476 e. The molecule has 2 fully saturated rings. The van der Waals surface area contributed by atoms with Gasteiger partial charge in [-0.2, -0.15) is 13.2 Å². The summed E-state index contributed by atoms with van der Waals surface area (Å²) in [4.78, 5) is 2.39. The van der Waals surface area contributed by atoms with Crippen molar-refractivity contribution in [2.75, 3.05) is 39.5 Å². The summed E-state index contributed by atoms with van der Waals surface area (Å²) in [5.74, 6) is 1.00. The van der Waals surface area contributed by atoms with E-state index in [9.17, 15) is 13.2 Å². The molecule has 138 valence electrons. The Balaban J connectivity index is 0.00000208. The predicted octanol–water partition coefficient (Wildman–Crippen LogP) is 2.60. The van der Waals surface area contributed by atoms with Gasteiger partial charge in [-0.1, -0.05) is 0 Å². The first-order valence-corrected chi connectivity index (χ1v) is 7.97. The van der Waals surface area contributed by atoms with Crippen LogP contribution >= 0.6 is 12.4 Å². The van der Waals surface area contributed by atoms with E-state index < -0.39 is 11.9 Å². The molecule has 2 atom stereocenters. The number of aromatic nitrogens is 2. The van der Waals surface area contributed by atoms with Crippen LogP contribution in [0.1, 0.15) is 18.5 Å². The summed E-state index contributed by atoms with van der Waals surface area (Å²) in [6.45, 7) is 4.93. The van der Waals surface area contributed by atoms with E-state index in [1.165, 1.54) is 7.05 Å². The summed E-state index contributed by atoms with van der Waals surface area (Å²) in [7, 11) is 1.28. The molecule has 9 heteroatoms. The van der Waals surface area contributed by atoms with Crippen LogP contribution in [0.2, 0.25) is 0 Å². The lowest BCUT2D eigenvalue weighted by Gasteiger charge is -2.40. The first kappa shape index (κ1) is 19.3. The van der Waals surface area contributed by atoms with E-state index in [1.807, 2.05) is 0 Å². The van der Waals surface area contributed by atoms with Crippen LogP contribution in [0, 0.1) is 11.8 Å². The zero-order valence-corrected chi connectivity index (χ0v) is 14.4. The Morgan fingerprint density at radius 2 is 1.92 bits per heavy atom. The summed E-state index contributed by atoms with van der Waals surface area (Å²) >= 11 is 0. The summed E-state index contributed by atoms with van der Waals surface area (Å²) in [6.07, 6.45) is -2.19. The van der Waals surface area contributed by atoms with E-state index >= 15 is 0 Å². The van der Waals surface area contributed by atoms with E-state index in [0.29, 0.717) is 18.4 Å². The van der Waals surface area contributed by atoms with Gasteiger partial charge in [0.15, 0.2) is 0 Å². The zero-order valence-electron chi connectivity index (χ0n) is 13.6. The van der Waals surface area contributed by atoms with Crippen molar-refractivity contribution in [2.45, 2.75) is 19.0 Å². The van der Waals surface area contributed by atoms with E-state index in [0.717, 1.165) is 56.4 Å². The monoisotopic (exact) mass is 369 g/mol. The van der Waals surface area contributed by atoms with E-state index in [4.69, 9.17) is 9.47 Å². The number of nitrogens with zero attached hydrogens (tertiary/aromatic N) is 3. The van der Waals surface area contributed by atoms with Crippen molar-refractivity contribution in [3.63, 3.8) is 0 Å². The molecular weight excluding hydrogens is 347 g/mol. The molecule has 2 aliphatic rings. The summed E-state index contributed by atoms with van der Waals surface area (Å²) in [5.41, 5.74) is -0.786. The lowest BCUT2D eigenvalue weighted by Crippen LogP contribution is -2.44. The van der Waals surface area contributed by atoms with Crippen LogP contribution < -0.4 is 4.74 Å². The lowest BCUT2D eigenvalue weighted by atomic mass is 9.74. The van der Waals surface area contributed by atoms with E-state index in [-0.39, 0.29) is 18.3 Å². The number of hydrogen-bond acceptors (Lipinski definition) is 4. The first-order valence-electron chi connectivity index (χ1n) is 7.97. The van der Waals surface area contributed by atoms with Crippen molar-refractivity contribution in [3.05, 3.63) is 11.8 Å². The molecule has 0 spiro atoms. The van der Waals surface area contributed by atoms with Crippen LogP contribution in [0.3, 0.4) is 0 Å². The molecular formula is C15H23ClF3N3O2. The molecule has 2 heterocycles. The van der Waals surface area contributed by atoms with Crippen molar-refractivity contribution in [3.8, 4) is 5.88 Å². The average molecular weight is 370 g/mol. The molecule has 0 bridgehead atoms. The van der Waals surface area contributed by atoms with Crippen molar-refractivity contribution in [1.29, 1.82) is 0 Å². The number of hydrogen-bond donors (Lipinski definition) is 0. The summed E-state index contributed by atoms with van der Waals surface area (Å²) in [6, 6.07) is 0.968. The van der Waals surface area contributed by atoms with Gasteiger partial charge in [-0.15, -0.1) is 17.5 Å². The van der Waals surface area contributed by atoms with E-state index in [2.05, 4.69) is 10.00 Å². The van der Waals surface area contributed by atoms with Gasteiger partial charge in [0.05, 0.1) is 19.8 Å².